The van der Waals surface area contributed by atoms with Crippen molar-refractivity contribution in [2.75, 3.05) is 12.5 Å². The van der Waals surface area contributed by atoms with Gasteiger partial charge in [0.2, 0.25) is 18.4 Å². The van der Waals surface area contributed by atoms with Gasteiger partial charge in [-0.15, -0.1) is 5.10 Å². The molecule has 3 N–H and O–H groups in total. The zero-order valence-corrected chi connectivity index (χ0v) is 17.0. The zero-order chi connectivity index (χ0) is 22.9. The van der Waals surface area contributed by atoms with Crippen molar-refractivity contribution in [3.63, 3.8) is 0 Å². The van der Waals surface area contributed by atoms with Crippen molar-refractivity contribution in [1.29, 1.82) is 0 Å². The van der Waals surface area contributed by atoms with Crippen LogP contribution in [0, 0.1) is 5.82 Å². The normalized spacial score (nSPS) is 12.7. The molecular formula is C20H15FN8O4. The van der Waals surface area contributed by atoms with Crippen molar-refractivity contribution >= 4 is 17.4 Å². The predicted octanol–water partition coefficient (Wildman–Crippen LogP) is 1.92. The third kappa shape index (κ3) is 3.71. The van der Waals surface area contributed by atoms with Gasteiger partial charge < -0.3 is 15.2 Å². The molecule has 0 radical (unpaired) electrons. The average molecular weight is 450 g/mol. The second kappa shape index (κ2) is 8.03. The lowest BCUT2D eigenvalue weighted by Gasteiger charge is -2.07. The maximum atomic E-state index is 13.2. The van der Waals surface area contributed by atoms with Crippen LogP contribution in [0.3, 0.4) is 0 Å². The number of aromatic nitrogens is 5. The fourth-order valence-corrected chi connectivity index (χ4v) is 3.17. The van der Waals surface area contributed by atoms with Crippen LogP contribution >= 0.6 is 0 Å². The molecule has 0 atom stereocenters. The molecule has 2 aromatic heterocycles. The lowest BCUT2D eigenvalue weighted by Crippen LogP contribution is -2.21. The maximum Gasteiger partial charge on any atom is 0.294 e. The van der Waals surface area contributed by atoms with Crippen LogP contribution in [-0.2, 0) is 0 Å². The number of nitrogen functional groups attached to an aromatic ring is 1. The second-order valence-corrected chi connectivity index (χ2v) is 6.88. The lowest BCUT2D eigenvalue weighted by atomic mass is 10.1. The highest BCUT2D eigenvalue weighted by molar-refractivity contribution is 6.02. The third-order valence-corrected chi connectivity index (χ3v) is 4.81. The number of hydrazone groups is 1. The van der Waals surface area contributed by atoms with Crippen LogP contribution in [0.2, 0.25) is 0 Å². The van der Waals surface area contributed by atoms with E-state index < -0.39 is 5.91 Å². The minimum absolute atomic E-state index is 0.0426. The van der Waals surface area contributed by atoms with Gasteiger partial charge in [-0.25, -0.2) is 14.4 Å². The number of nitrogens with one attached hydrogen (secondary N) is 1. The van der Waals surface area contributed by atoms with Gasteiger partial charge in [-0.1, -0.05) is 17.3 Å². The Kier molecular flexibility index (Phi) is 4.89. The molecule has 4 aromatic rings. The minimum atomic E-state index is -0.648. The highest BCUT2D eigenvalue weighted by atomic mass is 19.1. The number of nitrogens with zero attached hydrogens (tertiary/aromatic N) is 6. The minimum Gasteiger partial charge on any atom is -0.454 e. The number of ether oxygens (including phenoxy) is 2. The number of nitrogens with two attached hydrogens (primary N) is 1. The van der Waals surface area contributed by atoms with Gasteiger partial charge in [0.25, 0.3) is 5.91 Å². The monoisotopic (exact) mass is 450 g/mol. The average Bonchev–Trinajstić information content (AvgIpc) is 3.56. The number of carbonyl (C=O) groups is 1. The summed E-state index contributed by atoms with van der Waals surface area (Å²) in [5, 5.41) is 19.4. The van der Waals surface area contributed by atoms with Crippen LogP contribution in [0.4, 0.5) is 10.2 Å². The molecule has 12 nitrogen and oxygen atoms in total. The van der Waals surface area contributed by atoms with Crippen molar-refractivity contribution in [3.05, 3.63) is 59.5 Å². The zero-order valence-electron chi connectivity index (χ0n) is 17.0. The Balaban J connectivity index is 1.53. The van der Waals surface area contributed by atoms with E-state index in [1.54, 1.807) is 37.3 Å². The molecule has 166 valence electrons. The van der Waals surface area contributed by atoms with Gasteiger partial charge >= 0.3 is 0 Å². The van der Waals surface area contributed by atoms with Crippen molar-refractivity contribution in [2.45, 2.75) is 6.92 Å². The summed E-state index contributed by atoms with van der Waals surface area (Å²) in [6.07, 6.45) is 0. The maximum absolute atomic E-state index is 13.2. The third-order valence-electron chi connectivity index (χ3n) is 4.81. The van der Waals surface area contributed by atoms with Gasteiger partial charge in [-0.3, -0.25) is 4.79 Å². The Morgan fingerprint density at radius 1 is 1.15 bits per heavy atom. The fraction of sp³-hybridized carbons (Fsp3) is 0.100. The quantitative estimate of drug-likeness (QED) is 0.342. The molecule has 0 bridgehead atoms. The molecule has 0 unspecified atom stereocenters. The summed E-state index contributed by atoms with van der Waals surface area (Å²) >= 11 is 0. The molecule has 0 spiro atoms. The Hall–Kier alpha value is -4.81. The van der Waals surface area contributed by atoms with Gasteiger partial charge in [0.1, 0.15) is 11.5 Å². The largest absolute Gasteiger partial charge is 0.454 e. The summed E-state index contributed by atoms with van der Waals surface area (Å²) in [6.45, 7) is 1.76. The van der Waals surface area contributed by atoms with Crippen LogP contribution in [0.1, 0.15) is 23.0 Å². The molecule has 3 heterocycles. The SMILES string of the molecule is CC(=NNC(=O)c1nnn(-c2nonc2N)c1-c1ccc2c(c1)OCO2)c1ccc(F)cc1. The van der Waals surface area contributed by atoms with Crippen LogP contribution in [0.15, 0.2) is 52.2 Å². The number of fused-ring (bicyclic) bond motifs is 1. The number of anilines is 1. The summed E-state index contributed by atoms with van der Waals surface area (Å²) in [5.41, 5.74) is 10.1. The first-order valence-electron chi connectivity index (χ1n) is 9.56. The molecule has 0 saturated carbocycles. The molecule has 0 fully saturated rings. The van der Waals surface area contributed by atoms with Gasteiger partial charge in [-0.05, 0) is 53.1 Å². The molecule has 1 aliphatic rings. The first kappa shape index (κ1) is 20.1. The Morgan fingerprint density at radius 3 is 2.70 bits per heavy atom. The summed E-state index contributed by atoms with van der Waals surface area (Å²) in [5.74, 6) is 0.0424. The summed E-state index contributed by atoms with van der Waals surface area (Å²) < 4.78 is 29.8. The van der Waals surface area contributed by atoms with Crippen LogP contribution in [0.25, 0.3) is 17.1 Å². The number of rotatable bonds is 5. The highest BCUT2D eigenvalue weighted by Gasteiger charge is 2.26. The van der Waals surface area contributed by atoms with E-state index in [0.29, 0.717) is 28.3 Å². The summed E-state index contributed by atoms with van der Waals surface area (Å²) in [7, 11) is 0. The summed E-state index contributed by atoms with van der Waals surface area (Å²) in [4.78, 5) is 13.0. The molecular weight excluding hydrogens is 435 g/mol. The first-order chi connectivity index (χ1) is 16.0. The van der Waals surface area contributed by atoms with Crippen molar-refractivity contribution in [3.8, 4) is 28.6 Å². The number of amides is 1. The highest BCUT2D eigenvalue weighted by Crippen LogP contribution is 2.37. The molecule has 1 amide bonds. The van der Waals surface area contributed by atoms with E-state index in [0.717, 1.165) is 0 Å². The van der Waals surface area contributed by atoms with Crippen molar-refractivity contribution < 1.29 is 23.3 Å². The van der Waals surface area contributed by atoms with Gasteiger partial charge in [0, 0.05) is 5.56 Å². The van der Waals surface area contributed by atoms with E-state index >= 15 is 0 Å². The number of carbonyl (C=O) groups excluding carboxylic acids is 1. The molecule has 5 rings (SSSR count). The van der Waals surface area contributed by atoms with Crippen molar-refractivity contribution in [2.24, 2.45) is 5.10 Å². The molecule has 33 heavy (non-hydrogen) atoms. The number of benzene rings is 2. The van der Waals surface area contributed by atoms with E-state index in [1.807, 2.05) is 0 Å². The van der Waals surface area contributed by atoms with Crippen LogP contribution < -0.4 is 20.6 Å². The second-order valence-electron chi connectivity index (χ2n) is 6.88. The predicted molar refractivity (Wildman–Crippen MR) is 111 cm³/mol. The van der Waals surface area contributed by atoms with Crippen LogP contribution in [-0.4, -0.2) is 43.7 Å². The van der Waals surface area contributed by atoms with E-state index in [1.165, 1.54) is 16.8 Å². The smallest absolute Gasteiger partial charge is 0.294 e. The Labute approximate surface area is 184 Å². The van der Waals surface area contributed by atoms with Crippen molar-refractivity contribution in [1.82, 2.24) is 30.7 Å². The van der Waals surface area contributed by atoms with E-state index in [-0.39, 0.29) is 35.6 Å². The number of hydrogen-bond acceptors (Lipinski definition) is 10. The molecule has 13 heteroatoms. The van der Waals surface area contributed by atoms with Gasteiger partial charge in [0.15, 0.2) is 17.2 Å². The molecule has 2 aromatic carbocycles. The number of hydrogen-bond donors (Lipinski definition) is 2. The topological polar surface area (TPSA) is 156 Å². The molecule has 1 aliphatic heterocycles. The Bertz CT molecular complexity index is 1380. The van der Waals surface area contributed by atoms with E-state index in [4.69, 9.17) is 15.2 Å². The van der Waals surface area contributed by atoms with E-state index in [2.05, 4.69) is 35.8 Å². The molecule has 0 aliphatic carbocycles. The first-order valence-corrected chi connectivity index (χ1v) is 9.56. The van der Waals surface area contributed by atoms with Gasteiger partial charge in [-0.2, -0.15) is 9.78 Å². The van der Waals surface area contributed by atoms with Crippen LogP contribution in [0.5, 0.6) is 11.5 Å². The van der Waals surface area contributed by atoms with Gasteiger partial charge in [0.05, 0.1) is 5.71 Å². The number of halogens is 1. The summed E-state index contributed by atoms with van der Waals surface area (Å²) in [6, 6.07) is 10.8. The Morgan fingerprint density at radius 2 is 1.94 bits per heavy atom. The lowest BCUT2D eigenvalue weighted by molar-refractivity contribution is 0.0950. The van der Waals surface area contributed by atoms with E-state index in [9.17, 15) is 9.18 Å². The molecule has 0 saturated heterocycles. The standard InChI is InChI=1S/C20H15FN8O4/c1-10(11-2-5-13(21)6-3-11)23-25-20(30)16-17(12-4-7-14-15(8-12)32-9-31-14)29(28-24-16)19-18(22)26-33-27-19/h2-8H,9H2,1H3,(H2,22,26)(H,25,30). The fourth-order valence-electron chi connectivity index (χ4n) is 3.17.